The van der Waals surface area contributed by atoms with Crippen LogP contribution in [0.5, 0.6) is 0 Å². The summed E-state index contributed by atoms with van der Waals surface area (Å²) < 4.78 is 1.91. The molecule has 0 spiro atoms. The third kappa shape index (κ3) is 1.92. The lowest BCUT2D eigenvalue weighted by molar-refractivity contribution is 1.21. The van der Waals surface area contributed by atoms with Crippen LogP contribution in [0.3, 0.4) is 0 Å². The minimum absolute atomic E-state index is 1.11. The van der Waals surface area contributed by atoms with Crippen LogP contribution in [0.4, 0.5) is 5.69 Å². The molecule has 2 nitrogen and oxygen atoms in total. The number of hydrogen-bond acceptors (Lipinski definition) is 3. The van der Waals surface area contributed by atoms with Crippen LogP contribution < -0.4 is 4.41 Å². The molecule has 0 N–H and O–H groups in total. The molecule has 1 aromatic carbocycles. The Hall–Kier alpha value is -1.22. The molecule has 1 heterocycles. The molecule has 3 heteroatoms. The van der Waals surface area contributed by atoms with Gasteiger partial charge in [0.15, 0.2) is 0 Å². The lowest BCUT2D eigenvalue weighted by Gasteiger charge is -2.19. The van der Waals surface area contributed by atoms with Crippen molar-refractivity contribution in [1.82, 2.24) is 0 Å². The largest absolute Gasteiger partial charge is 0.202 e. The molecule has 0 aliphatic carbocycles. The van der Waals surface area contributed by atoms with E-state index >= 15 is 0 Å². The van der Waals surface area contributed by atoms with E-state index < -0.39 is 0 Å². The van der Waals surface area contributed by atoms with E-state index in [-0.39, 0.29) is 0 Å². The summed E-state index contributed by atoms with van der Waals surface area (Å²) >= 11 is 1.64. The van der Waals surface area contributed by atoms with Crippen molar-refractivity contribution in [2.45, 2.75) is 6.92 Å². The molecule has 66 valence electrons. The molecule has 0 saturated heterocycles. The maximum atomic E-state index is 4.24. The number of nitrogens with zero attached hydrogens (tertiary/aromatic N) is 2. The summed E-state index contributed by atoms with van der Waals surface area (Å²) in [6.45, 7) is 2.08. The molecule has 0 radical (unpaired) electrons. The van der Waals surface area contributed by atoms with Crippen molar-refractivity contribution in [1.29, 1.82) is 0 Å². The summed E-state index contributed by atoms with van der Waals surface area (Å²) in [6.07, 6.45) is 3.82. The molecule has 13 heavy (non-hydrogen) atoms. The molecule has 0 fully saturated rings. The van der Waals surface area contributed by atoms with Gasteiger partial charge in [-0.05, 0) is 25.1 Å². The number of anilines is 1. The maximum Gasteiger partial charge on any atom is 0.0727 e. The highest BCUT2D eigenvalue weighted by molar-refractivity contribution is 8.04. The van der Waals surface area contributed by atoms with Crippen molar-refractivity contribution in [3.05, 3.63) is 41.3 Å². The lowest BCUT2D eigenvalue weighted by Crippen LogP contribution is -2.08. The third-order valence-electron chi connectivity index (χ3n) is 1.69. The summed E-state index contributed by atoms with van der Waals surface area (Å²) in [7, 11) is 0. The molecule has 0 atom stereocenters. The zero-order valence-electron chi connectivity index (χ0n) is 7.34. The Kier molecular flexibility index (Phi) is 2.36. The fraction of sp³-hybridized carbons (Fsp3) is 0.100. The normalized spacial score (nSPS) is 15.8. The summed E-state index contributed by atoms with van der Waals surface area (Å²) in [4.78, 5) is 1.25. The number of hydrogen-bond donors (Lipinski definition) is 0. The van der Waals surface area contributed by atoms with Gasteiger partial charge in [-0.2, -0.15) is 5.10 Å². The molecular weight excluding hydrogens is 180 g/mol. The lowest BCUT2D eigenvalue weighted by atomic mass is 10.3. The topological polar surface area (TPSA) is 15.6 Å². The van der Waals surface area contributed by atoms with Gasteiger partial charge in [0.05, 0.1) is 5.69 Å². The van der Waals surface area contributed by atoms with Gasteiger partial charge in [-0.25, -0.2) is 4.41 Å². The highest BCUT2D eigenvalue weighted by Gasteiger charge is 2.07. The van der Waals surface area contributed by atoms with E-state index in [2.05, 4.69) is 12.0 Å². The Morgan fingerprint density at radius 1 is 1.23 bits per heavy atom. The van der Waals surface area contributed by atoms with Crippen LogP contribution in [-0.2, 0) is 0 Å². The van der Waals surface area contributed by atoms with Crippen LogP contribution in [0.1, 0.15) is 6.92 Å². The van der Waals surface area contributed by atoms with Gasteiger partial charge < -0.3 is 0 Å². The summed E-state index contributed by atoms with van der Waals surface area (Å²) in [6, 6.07) is 10.1. The monoisotopic (exact) mass is 190 g/mol. The van der Waals surface area contributed by atoms with Crippen molar-refractivity contribution in [3.63, 3.8) is 0 Å². The highest BCUT2D eigenvalue weighted by atomic mass is 32.2. The van der Waals surface area contributed by atoms with E-state index in [0.717, 1.165) is 5.69 Å². The quantitative estimate of drug-likeness (QED) is 0.632. The first-order valence-corrected chi connectivity index (χ1v) is 4.87. The first-order chi connectivity index (χ1) is 6.36. The van der Waals surface area contributed by atoms with Crippen LogP contribution in [0.15, 0.2) is 46.4 Å². The average molecular weight is 190 g/mol. The SMILES string of the molecule is CC1=CC=NN(c2ccccc2)S1. The van der Waals surface area contributed by atoms with Crippen LogP contribution in [0.25, 0.3) is 0 Å². The molecular formula is C10H10N2S. The standard InChI is InChI=1S/C10H10N2S/c1-9-7-8-11-12(13-9)10-5-3-2-4-6-10/h2-8H,1H3. The van der Waals surface area contributed by atoms with Gasteiger partial charge in [0.2, 0.25) is 0 Å². The highest BCUT2D eigenvalue weighted by Crippen LogP contribution is 2.29. The second kappa shape index (κ2) is 3.66. The first-order valence-electron chi connectivity index (χ1n) is 4.10. The number of benzene rings is 1. The molecule has 1 aliphatic rings. The summed E-state index contributed by atoms with van der Waals surface area (Å²) in [5.41, 5.74) is 1.11. The zero-order chi connectivity index (χ0) is 9.10. The average Bonchev–Trinajstić information content (AvgIpc) is 2.19. The maximum absolute atomic E-state index is 4.24. The van der Waals surface area contributed by atoms with E-state index in [1.54, 1.807) is 11.9 Å². The van der Waals surface area contributed by atoms with Gasteiger partial charge >= 0.3 is 0 Å². The van der Waals surface area contributed by atoms with Gasteiger partial charge in [0.25, 0.3) is 0 Å². The Morgan fingerprint density at radius 2 is 2.00 bits per heavy atom. The van der Waals surface area contributed by atoms with Crippen molar-refractivity contribution < 1.29 is 0 Å². The smallest absolute Gasteiger partial charge is 0.0727 e. The van der Waals surface area contributed by atoms with Gasteiger partial charge in [-0.15, -0.1) is 0 Å². The van der Waals surface area contributed by atoms with E-state index in [1.807, 2.05) is 47.0 Å². The molecule has 0 saturated carbocycles. The van der Waals surface area contributed by atoms with E-state index in [4.69, 9.17) is 0 Å². The van der Waals surface area contributed by atoms with Crippen LogP contribution in [-0.4, -0.2) is 6.21 Å². The van der Waals surface area contributed by atoms with E-state index in [9.17, 15) is 0 Å². The van der Waals surface area contributed by atoms with Gasteiger partial charge in [0, 0.05) is 23.1 Å². The second-order valence-corrected chi connectivity index (χ2v) is 3.91. The van der Waals surface area contributed by atoms with Crippen molar-refractivity contribution in [2.24, 2.45) is 5.10 Å². The molecule has 0 unspecified atom stereocenters. The van der Waals surface area contributed by atoms with Gasteiger partial charge in [0.1, 0.15) is 0 Å². The number of para-hydroxylation sites is 1. The molecule has 1 aromatic rings. The van der Waals surface area contributed by atoms with Crippen molar-refractivity contribution >= 4 is 23.8 Å². The van der Waals surface area contributed by atoms with E-state index in [0.29, 0.717) is 0 Å². The molecule has 0 bridgehead atoms. The summed E-state index contributed by atoms with van der Waals surface area (Å²) in [5.74, 6) is 0. The third-order valence-corrected chi connectivity index (χ3v) is 2.59. The minimum Gasteiger partial charge on any atom is -0.202 e. The number of hydrazone groups is 1. The van der Waals surface area contributed by atoms with Crippen LogP contribution in [0.2, 0.25) is 0 Å². The molecule has 0 aromatic heterocycles. The Morgan fingerprint density at radius 3 is 2.69 bits per heavy atom. The van der Waals surface area contributed by atoms with E-state index in [1.165, 1.54) is 4.91 Å². The minimum atomic E-state index is 1.11. The summed E-state index contributed by atoms with van der Waals surface area (Å²) in [5, 5.41) is 4.24. The molecule has 0 amide bonds. The van der Waals surface area contributed by atoms with Gasteiger partial charge in [-0.1, -0.05) is 18.2 Å². The zero-order valence-corrected chi connectivity index (χ0v) is 8.16. The van der Waals surface area contributed by atoms with Crippen molar-refractivity contribution in [2.75, 3.05) is 4.41 Å². The number of rotatable bonds is 1. The predicted molar refractivity (Wildman–Crippen MR) is 58.8 cm³/mol. The second-order valence-electron chi connectivity index (χ2n) is 2.74. The first kappa shape index (κ1) is 8.38. The molecule has 2 rings (SSSR count). The van der Waals surface area contributed by atoms with Gasteiger partial charge in [-0.3, -0.25) is 0 Å². The Labute approximate surface area is 82.1 Å². The Balaban J connectivity index is 2.21. The Bertz CT molecular complexity index is 343. The fourth-order valence-electron chi connectivity index (χ4n) is 1.06. The van der Waals surface area contributed by atoms with Crippen LogP contribution >= 0.6 is 11.9 Å². The number of allylic oxidation sites excluding steroid dienone is 2. The fourth-order valence-corrected chi connectivity index (χ4v) is 1.79. The van der Waals surface area contributed by atoms with Crippen molar-refractivity contribution in [3.8, 4) is 0 Å². The predicted octanol–water partition coefficient (Wildman–Crippen LogP) is 3.04. The molecule has 1 aliphatic heterocycles. The van der Waals surface area contributed by atoms with Crippen LogP contribution in [0, 0.1) is 0 Å².